The molecule has 0 unspecified atom stereocenters. The van der Waals surface area contributed by atoms with Crippen LogP contribution >= 0.6 is 0 Å². The molecule has 1 aromatic heterocycles. The van der Waals surface area contributed by atoms with Gasteiger partial charge in [0.2, 0.25) is 15.8 Å². The fourth-order valence-electron chi connectivity index (χ4n) is 6.25. The lowest BCUT2D eigenvalue weighted by atomic mass is 9.88. The first-order valence-corrected chi connectivity index (χ1v) is 18.3. The van der Waals surface area contributed by atoms with E-state index < -0.39 is 10.0 Å². The number of nitrogens with one attached hydrogen (secondary N) is 4. The Morgan fingerprint density at radius 2 is 1.49 bits per heavy atom. The van der Waals surface area contributed by atoms with E-state index in [0.29, 0.717) is 47.9 Å². The second-order valence-corrected chi connectivity index (χ2v) is 14.2. The van der Waals surface area contributed by atoms with Crippen molar-refractivity contribution < 1.29 is 17.9 Å². The molecule has 4 aromatic carbocycles. The molecule has 0 spiro atoms. The van der Waals surface area contributed by atoms with E-state index in [1.807, 2.05) is 72.8 Å². The van der Waals surface area contributed by atoms with Gasteiger partial charge in [0.05, 0.1) is 31.2 Å². The van der Waals surface area contributed by atoms with E-state index in [-0.39, 0.29) is 23.2 Å². The smallest absolute Gasteiger partial charge is 0.241 e. The Morgan fingerprint density at radius 3 is 2.12 bits per heavy atom. The Morgan fingerprint density at radius 1 is 0.882 bits per heavy atom. The Kier molecular flexibility index (Phi) is 11.2. The molecule has 0 saturated carbocycles. The van der Waals surface area contributed by atoms with Crippen molar-refractivity contribution in [1.29, 1.82) is 5.41 Å². The maximum absolute atomic E-state index is 14.6. The van der Waals surface area contributed by atoms with E-state index >= 15 is 0 Å². The number of rotatable bonds is 14. The second-order valence-electron chi connectivity index (χ2n) is 12.5. The normalized spacial score (nSPS) is 13.5. The summed E-state index contributed by atoms with van der Waals surface area (Å²) in [5, 5.41) is 27.3. The predicted molar refractivity (Wildman–Crippen MR) is 196 cm³/mol. The van der Waals surface area contributed by atoms with E-state index in [1.54, 1.807) is 26.4 Å². The summed E-state index contributed by atoms with van der Waals surface area (Å²) < 4.78 is 42.7. The van der Waals surface area contributed by atoms with Gasteiger partial charge in [0.15, 0.2) is 5.96 Å². The third kappa shape index (κ3) is 8.89. The summed E-state index contributed by atoms with van der Waals surface area (Å²) >= 11 is 0. The van der Waals surface area contributed by atoms with E-state index in [2.05, 4.69) is 25.7 Å². The largest absolute Gasteiger partial charge is 0.497 e. The van der Waals surface area contributed by atoms with Crippen LogP contribution in [-0.4, -0.2) is 61.9 Å². The molecule has 1 saturated heterocycles. The van der Waals surface area contributed by atoms with Crippen LogP contribution in [0.4, 0.5) is 0 Å². The van der Waals surface area contributed by atoms with Crippen LogP contribution in [0.3, 0.4) is 0 Å². The zero-order valence-electron chi connectivity index (χ0n) is 28.7. The van der Waals surface area contributed by atoms with Gasteiger partial charge in [-0.15, -0.1) is 10.2 Å². The Hall–Kier alpha value is -5.31. The van der Waals surface area contributed by atoms with Gasteiger partial charge in [-0.2, -0.15) is 4.80 Å². The van der Waals surface area contributed by atoms with Crippen LogP contribution in [0.5, 0.6) is 11.5 Å². The first-order chi connectivity index (χ1) is 24.7. The number of piperidine rings is 1. The van der Waals surface area contributed by atoms with Gasteiger partial charge in [-0.25, -0.2) is 13.1 Å². The minimum Gasteiger partial charge on any atom is -0.497 e. The number of guanidine groups is 1. The summed E-state index contributed by atoms with van der Waals surface area (Å²) in [4.78, 5) is 1.62. The number of nitrogens with two attached hydrogens (primary N) is 1. The van der Waals surface area contributed by atoms with Crippen LogP contribution in [0.15, 0.2) is 89.8 Å². The average molecular weight is 710 g/mol. The van der Waals surface area contributed by atoms with Crippen LogP contribution in [-0.2, 0) is 36.1 Å². The van der Waals surface area contributed by atoms with Gasteiger partial charge in [0.25, 0.3) is 0 Å². The van der Waals surface area contributed by atoms with Gasteiger partial charge in [-0.1, -0.05) is 60.7 Å². The first kappa shape index (κ1) is 35.5. The zero-order valence-corrected chi connectivity index (χ0v) is 29.5. The van der Waals surface area contributed by atoms with Gasteiger partial charge in [0.1, 0.15) is 11.5 Å². The van der Waals surface area contributed by atoms with E-state index in [9.17, 15) is 8.42 Å². The van der Waals surface area contributed by atoms with Crippen molar-refractivity contribution in [3.05, 3.63) is 107 Å². The number of methoxy groups -OCH3 is 2. The van der Waals surface area contributed by atoms with Crippen molar-refractivity contribution in [2.24, 2.45) is 11.7 Å². The fraction of sp³-hybridized carbons (Fsp3) is 0.297. The summed E-state index contributed by atoms with van der Waals surface area (Å²) in [5.74, 6) is 1.82. The number of nitrogens with zero attached hydrogens (tertiary/aromatic N) is 4. The number of tetrazole rings is 1. The van der Waals surface area contributed by atoms with Crippen molar-refractivity contribution in [3.8, 4) is 34.0 Å². The van der Waals surface area contributed by atoms with Gasteiger partial charge < -0.3 is 25.8 Å². The molecule has 13 nitrogen and oxygen atoms in total. The molecule has 0 bridgehead atoms. The lowest BCUT2D eigenvalue weighted by Crippen LogP contribution is -2.30. The minimum absolute atomic E-state index is 0.0816. The van der Waals surface area contributed by atoms with Crippen LogP contribution in [0, 0.1) is 11.3 Å². The molecule has 0 amide bonds. The SMILES string of the molecule is COc1ccc(CNS(=O)(=O)c2c(CC3CCNCC3)ccc(-c3ccc(CNC(=N)N)cc3)c2-c2nnn(Cc3ccc(OC)cc3)n2)cc1. The van der Waals surface area contributed by atoms with Crippen molar-refractivity contribution in [3.63, 3.8) is 0 Å². The highest BCUT2D eigenvalue weighted by Gasteiger charge is 2.30. The number of aromatic nitrogens is 4. The highest BCUT2D eigenvalue weighted by Crippen LogP contribution is 2.39. The fourth-order valence-corrected chi connectivity index (χ4v) is 7.72. The summed E-state index contributed by atoms with van der Waals surface area (Å²) in [7, 11) is -0.916. The average Bonchev–Trinajstić information content (AvgIpc) is 3.62. The number of ether oxygens (including phenoxy) is 2. The van der Waals surface area contributed by atoms with Crippen LogP contribution in [0.1, 0.15) is 35.1 Å². The molecule has 1 aliphatic rings. The minimum atomic E-state index is -4.12. The van der Waals surface area contributed by atoms with Gasteiger partial charge >= 0.3 is 0 Å². The molecule has 0 atom stereocenters. The molecule has 5 aromatic rings. The van der Waals surface area contributed by atoms with Gasteiger partial charge in [-0.05, 0) is 101 Å². The van der Waals surface area contributed by atoms with Crippen LogP contribution in [0.2, 0.25) is 0 Å². The molecule has 6 rings (SSSR count). The standard InChI is InChI=1S/C37H43N9O4S/c1-49-31-12-5-27(6-13-31)23-42-51(47,48)35-30(21-25-17-19-40-20-18-25)11-16-33(29-9-3-26(4-10-29)22-41-37(38)39)34(35)36-43-45-46(44-36)24-28-7-14-32(50-2)15-8-28/h3-16,25,40,42H,17-24H2,1-2H3,(H4,38,39,41). The summed E-state index contributed by atoms with van der Waals surface area (Å²) in [6, 6.07) is 26.4. The van der Waals surface area contributed by atoms with E-state index in [4.69, 9.17) is 25.7 Å². The molecule has 0 aliphatic carbocycles. The molecular weight excluding hydrogens is 667 g/mol. The van der Waals surface area contributed by atoms with Crippen molar-refractivity contribution in [2.45, 2.75) is 43.8 Å². The highest BCUT2D eigenvalue weighted by atomic mass is 32.2. The third-order valence-corrected chi connectivity index (χ3v) is 10.5. The molecule has 14 heteroatoms. The molecular formula is C37H43N9O4S. The van der Waals surface area contributed by atoms with E-state index in [1.165, 1.54) is 4.80 Å². The topological polar surface area (TPSA) is 182 Å². The van der Waals surface area contributed by atoms with Gasteiger partial charge in [0, 0.05) is 13.1 Å². The summed E-state index contributed by atoms with van der Waals surface area (Å²) in [5.41, 5.74) is 10.7. The Labute approximate surface area is 298 Å². The van der Waals surface area contributed by atoms with Crippen molar-refractivity contribution >= 4 is 16.0 Å². The number of sulfonamides is 1. The molecule has 2 heterocycles. The quantitative estimate of drug-likeness (QED) is 0.0833. The number of benzene rings is 4. The second kappa shape index (κ2) is 16.1. The summed E-state index contributed by atoms with van der Waals surface area (Å²) in [6.45, 7) is 2.57. The molecule has 0 radical (unpaired) electrons. The highest BCUT2D eigenvalue weighted by molar-refractivity contribution is 7.89. The zero-order chi connectivity index (χ0) is 35.8. The number of hydrogen-bond donors (Lipinski definition) is 5. The molecule has 1 fully saturated rings. The number of hydrogen-bond acceptors (Lipinski definition) is 9. The third-order valence-electron chi connectivity index (χ3n) is 9.01. The maximum atomic E-state index is 14.6. The van der Waals surface area contributed by atoms with Crippen LogP contribution < -0.4 is 30.6 Å². The monoisotopic (exact) mass is 709 g/mol. The summed E-state index contributed by atoms with van der Waals surface area (Å²) in [6.07, 6.45) is 2.48. The molecule has 6 N–H and O–H groups in total. The lowest BCUT2D eigenvalue weighted by Gasteiger charge is -2.25. The Balaban J connectivity index is 1.46. The first-order valence-electron chi connectivity index (χ1n) is 16.8. The lowest BCUT2D eigenvalue weighted by molar-refractivity contribution is 0.371. The van der Waals surface area contributed by atoms with E-state index in [0.717, 1.165) is 53.9 Å². The maximum Gasteiger partial charge on any atom is 0.241 e. The van der Waals surface area contributed by atoms with Gasteiger partial charge in [-0.3, -0.25) is 5.41 Å². The molecule has 1 aliphatic heterocycles. The van der Waals surface area contributed by atoms with Crippen LogP contribution in [0.25, 0.3) is 22.5 Å². The van der Waals surface area contributed by atoms with Crippen molar-refractivity contribution in [1.82, 2.24) is 35.6 Å². The Bertz CT molecular complexity index is 2040. The predicted octanol–water partition coefficient (Wildman–Crippen LogP) is 4.08. The molecule has 266 valence electrons. The van der Waals surface area contributed by atoms with Crippen molar-refractivity contribution in [2.75, 3.05) is 27.3 Å². The molecule has 51 heavy (non-hydrogen) atoms.